The third-order valence-corrected chi connectivity index (χ3v) is 2.67. The lowest BCUT2D eigenvalue weighted by atomic mass is 10.0. The lowest BCUT2D eigenvalue weighted by molar-refractivity contribution is 0.468. The highest BCUT2D eigenvalue weighted by molar-refractivity contribution is 5.36. The topological polar surface area (TPSA) is 20.2 Å². The maximum absolute atomic E-state index is 9.71. The van der Waals surface area contributed by atoms with Crippen molar-refractivity contribution < 1.29 is 5.11 Å². The van der Waals surface area contributed by atoms with Gasteiger partial charge < -0.3 is 5.11 Å². The highest BCUT2D eigenvalue weighted by atomic mass is 16.3. The van der Waals surface area contributed by atoms with Gasteiger partial charge in [-0.25, -0.2) is 0 Å². The second-order valence-corrected chi connectivity index (χ2v) is 4.00. The number of rotatable bonds is 4. The Labute approximate surface area is 98.1 Å². The SMILES string of the molecule is C/C=C\C(=C/C)CCc1cc(C)ccc1O. The second kappa shape index (κ2) is 6.16. The van der Waals surface area contributed by atoms with Crippen LogP contribution < -0.4 is 0 Å². The van der Waals surface area contributed by atoms with Crippen LogP contribution in [0, 0.1) is 6.92 Å². The third kappa shape index (κ3) is 3.58. The molecular formula is C15H20O. The van der Waals surface area contributed by atoms with Crippen LogP contribution >= 0.6 is 0 Å². The van der Waals surface area contributed by atoms with Gasteiger partial charge in [-0.1, -0.05) is 41.5 Å². The molecule has 1 aromatic carbocycles. The molecule has 1 aromatic rings. The van der Waals surface area contributed by atoms with Crippen molar-refractivity contribution in [3.05, 3.63) is 53.1 Å². The van der Waals surface area contributed by atoms with Crippen LogP contribution in [0.25, 0.3) is 0 Å². The van der Waals surface area contributed by atoms with Crippen molar-refractivity contribution >= 4 is 0 Å². The van der Waals surface area contributed by atoms with Crippen molar-refractivity contribution in [2.45, 2.75) is 33.6 Å². The first-order valence-corrected chi connectivity index (χ1v) is 5.73. The number of aromatic hydroxyl groups is 1. The first-order chi connectivity index (χ1) is 7.67. The minimum Gasteiger partial charge on any atom is -0.508 e. The Morgan fingerprint density at radius 1 is 1.31 bits per heavy atom. The summed E-state index contributed by atoms with van der Waals surface area (Å²) in [6, 6.07) is 5.76. The molecule has 0 saturated heterocycles. The molecule has 0 fully saturated rings. The lowest BCUT2D eigenvalue weighted by Crippen LogP contribution is -1.89. The quantitative estimate of drug-likeness (QED) is 0.749. The van der Waals surface area contributed by atoms with Crippen molar-refractivity contribution in [3.8, 4) is 5.75 Å². The number of benzene rings is 1. The van der Waals surface area contributed by atoms with Gasteiger partial charge in [0.05, 0.1) is 0 Å². The smallest absolute Gasteiger partial charge is 0.118 e. The van der Waals surface area contributed by atoms with Gasteiger partial charge in [-0.15, -0.1) is 0 Å². The third-order valence-electron chi connectivity index (χ3n) is 2.67. The van der Waals surface area contributed by atoms with Gasteiger partial charge in [0.25, 0.3) is 0 Å². The van der Waals surface area contributed by atoms with E-state index in [9.17, 15) is 5.11 Å². The van der Waals surface area contributed by atoms with Gasteiger partial charge in [0.2, 0.25) is 0 Å². The van der Waals surface area contributed by atoms with Gasteiger partial charge in [0, 0.05) is 0 Å². The molecule has 0 aliphatic heterocycles. The Balaban J connectivity index is 2.70. The van der Waals surface area contributed by atoms with Crippen LogP contribution in [0.3, 0.4) is 0 Å². The molecule has 0 saturated carbocycles. The van der Waals surface area contributed by atoms with Gasteiger partial charge in [-0.05, 0) is 45.2 Å². The molecule has 86 valence electrons. The summed E-state index contributed by atoms with van der Waals surface area (Å²) in [7, 11) is 0. The zero-order chi connectivity index (χ0) is 12.0. The van der Waals surface area contributed by atoms with Crippen molar-refractivity contribution in [1.29, 1.82) is 0 Å². The maximum atomic E-state index is 9.71. The predicted octanol–water partition coefficient (Wildman–Crippen LogP) is 4.16. The molecule has 1 nitrogen and oxygen atoms in total. The van der Waals surface area contributed by atoms with Crippen LogP contribution in [-0.4, -0.2) is 5.11 Å². The Morgan fingerprint density at radius 2 is 2.06 bits per heavy atom. The van der Waals surface area contributed by atoms with Gasteiger partial charge in [-0.2, -0.15) is 0 Å². The fraction of sp³-hybridized carbons (Fsp3) is 0.333. The molecule has 0 amide bonds. The average Bonchev–Trinajstić information content (AvgIpc) is 2.28. The molecular weight excluding hydrogens is 196 g/mol. The van der Waals surface area contributed by atoms with E-state index in [1.54, 1.807) is 6.07 Å². The van der Waals surface area contributed by atoms with E-state index in [-0.39, 0.29) is 0 Å². The number of allylic oxidation sites excluding steroid dienone is 4. The predicted molar refractivity (Wildman–Crippen MR) is 69.7 cm³/mol. The number of phenolic OH excluding ortho intramolecular Hbond substituents is 1. The average molecular weight is 216 g/mol. The molecule has 1 heteroatoms. The summed E-state index contributed by atoms with van der Waals surface area (Å²) in [5.41, 5.74) is 3.54. The van der Waals surface area contributed by atoms with Crippen LogP contribution in [0.1, 0.15) is 31.4 Å². The van der Waals surface area contributed by atoms with Gasteiger partial charge in [0.1, 0.15) is 5.75 Å². The molecule has 16 heavy (non-hydrogen) atoms. The molecule has 0 bridgehead atoms. The molecule has 1 rings (SSSR count). The van der Waals surface area contributed by atoms with E-state index in [2.05, 4.69) is 18.2 Å². The molecule has 0 unspecified atom stereocenters. The van der Waals surface area contributed by atoms with E-state index in [1.165, 1.54) is 11.1 Å². The van der Waals surface area contributed by atoms with E-state index in [1.807, 2.05) is 32.9 Å². The zero-order valence-corrected chi connectivity index (χ0v) is 10.3. The van der Waals surface area contributed by atoms with Crippen LogP contribution in [-0.2, 0) is 6.42 Å². The lowest BCUT2D eigenvalue weighted by Gasteiger charge is -2.06. The van der Waals surface area contributed by atoms with Gasteiger partial charge in [0.15, 0.2) is 0 Å². The molecule has 0 aliphatic rings. The number of hydrogen-bond donors (Lipinski definition) is 1. The summed E-state index contributed by atoms with van der Waals surface area (Å²) in [5.74, 6) is 0.404. The first-order valence-electron chi connectivity index (χ1n) is 5.73. The van der Waals surface area contributed by atoms with E-state index >= 15 is 0 Å². The highest BCUT2D eigenvalue weighted by Gasteiger charge is 2.01. The monoisotopic (exact) mass is 216 g/mol. The number of aryl methyl sites for hydroxylation is 2. The van der Waals surface area contributed by atoms with Crippen molar-refractivity contribution in [3.63, 3.8) is 0 Å². The van der Waals surface area contributed by atoms with E-state index in [0.717, 1.165) is 18.4 Å². The van der Waals surface area contributed by atoms with E-state index in [0.29, 0.717) is 5.75 Å². The Kier molecular flexibility index (Phi) is 4.84. The summed E-state index contributed by atoms with van der Waals surface area (Å²) in [6.45, 7) is 6.12. The second-order valence-electron chi connectivity index (χ2n) is 4.00. The standard InChI is InChI=1S/C15H20O/c1-4-6-13(5-2)8-9-14-11-12(3)7-10-15(14)16/h4-7,10-11,16H,8-9H2,1-3H3/b6-4-,13-5+. The summed E-state index contributed by atoms with van der Waals surface area (Å²) in [4.78, 5) is 0. The van der Waals surface area contributed by atoms with E-state index < -0.39 is 0 Å². The van der Waals surface area contributed by atoms with Crippen LogP contribution in [0.5, 0.6) is 5.75 Å². The Morgan fingerprint density at radius 3 is 2.69 bits per heavy atom. The summed E-state index contributed by atoms with van der Waals surface area (Å²) in [6.07, 6.45) is 8.14. The van der Waals surface area contributed by atoms with Gasteiger partial charge in [-0.3, -0.25) is 0 Å². The minimum atomic E-state index is 0.404. The summed E-state index contributed by atoms with van der Waals surface area (Å²) in [5, 5.41) is 9.71. The molecule has 0 heterocycles. The van der Waals surface area contributed by atoms with Crippen LogP contribution in [0.2, 0.25) is 0 Å². The number of phenols is 1. The van der Waals surface area contributed by atoms with Crippen molar-refractivity contribution in [2.75, 3.05) is 0 Å². The van der Waals surface area contributed by atoms with Gasteiger partial charge >= 0.3 is 0 Å². The molecule has 0 atom stereocenters. The Hall–Kier alpha value is -1.50. The fourth-order valence-electron chi connectivity index (χ4n) is 1.73. The first kappa shape index (κ1) is 12.6. The largest absolute Gasteiger partial charge is 0.508 e. The Bertz CT molecular complexity index is 400. The highest BCUT2D eigenvalue weighted by Crippen LogP contribution is 2.21. The van der Waals surface area contributed by atoms with Crippen LogP contribution in [0.4, 0.5) is 0 Å². The van der Waals surface area contributed by atoms with E-state index in [4.69, 9.17) is 0 Å². The molecule has 0 aliphatic carbocycles. The molecule has 0 spiro atoms. The zero-order valence-electron chi connectivity index (χ0n) is 10.3. The van der Waals surface area contributed by atoms with Crippen LogP contribution in [0.15, 0.2) is 42.0 Å². The minimum absolute atomic E-state index is 0.404. The maximum Gasteiger partial charge on any atom is 0.118 e. The van der Waals surface area contributed by atoms with Crippen molar-refractivity contribution in [2.24, 2.45) is 0 Å². The fourth-order valence-corrected chi connectivity index (χ4v) is 1.73. The number of hydrogen-bond acceptors (Lipinski definition) is 1. The molecule has 0 aromatic heterocycles. The normalized spacial score (nSPS) is 12.3. The van der Waals surface area contributed by atoms with Crippen molar-refractivity contribution in [1.82, 2.24) is 0 Å². The molecule has 0 radical (unpaired) electrons. The summed E-state index contributed by atoms with van der Waals surface area (Å²) >= 11 is 0. The summed E-state index contributed by atoms with van der Waals surface area (Å²) < 4.78 is 0. The molecule has 1 N–H and O–H groups in total.